The molecule has 5 rings (SSSR count). The molecule has 2 aromatic carbocycles. The van der Waals surface area contributed by atoms with E-state index in [1.165, 1.54) is 29.1 Å². The predicted molar refractivity (Wildman–Crippen MR) is 128 cm³/mol. The summed E-state index contributed by atoms with van der Waals surface area (Å²) in [7, 11) is 0. The Kier molecular flexibility index (Phi) is 5.97. The lowest BCUT2D eigenvalue weighted by molar-refractivity contribution is 0.102. The molecule has 35 heavy (non-hydrogen) atoms. The highest BCUT2D eigenvalue weighted by Crippen LogP contribution is 2.42. The molecule has 1 fully saturated rings. The zero-order valence-corrected chi connectivity index (χ0v) is 18.6. The van der Waals surface area contributed by atoms with Crippen LogP contribution in [-0.2, 0) is 6.54 Å². The van der Waals surface area contributed by atoms with Gasteiger partial charge in [0.25, 0.3) is 5.91 Å². The number of nitrogens with one attached hydrogen (secondary N) is 2. The van der Waals surface area contributed by atoms with Gasteiger partial charge in [0.1, 0.15) is 11.6 Å². The second kappa shape index (κ2) is 9.38. The first-order valence-corrected chi connectivity index (χ1v) is 11.2. The van der Waals surface area contributed by atoms with E-state index in [4.69, 9.17) is 0 Å². The van der Waals surface area contributed by atoms with Crippen LogP contribution in [0.1, 0.15) is 40.4 Å². The van der Waals surface area contributed by atoms with Crippen LogP contribution in [0.4, 0.5) is 14.9 Å². The minimum atomic E-state index is -0.401. The lowest BCUT2D eigenvalue weighted by atomic mass is 10.1. The van der Waals surface area contributed by atoms with Gasteiger partial charge in [-0.15, -0.1) is 0 Å². The Bertz CT molecular complexity index is 1380. The highest BCUT2D eigenvalue weighted by atomic mass is 19.1. The van der Waals surface area contributed by atoms with Crippen LogP contribution in [0.5, 0.6) is 5.75 Å². The molecule has 1 aliphatic carbocycles. The topological polar surface area (TPSA) is 109 Å². The molecule has 1 aliphatic rings. The molecule has 2 aromatic heterocycles. The highest BCUT2D eigenvalue weighted by molar-refractivity contribution is 6.04. The minimum Gasteiger partial charge on any atom is -0.507 e. The van der Waals surface area contributed by atoms with Crippen molar-refractivity contribution in [2.45, 2.75) is 25.3 Å². The first-order valence-electron chi connectivity index (χ1n) is 11.2. The molecule has 0 aliphatic heterocycles. The smallest absolute Gasteiger partial charge is 0.342 e. The van der Waals surface area contributed by atoms with Gasteiger partial charge in [-0.25, -0.2) is 9.18 Å². The Morgan fingerprint density at radius 2 is 1.89 bits per heavy atom. The maximum atomic E-state index is 13.1. The number of phenolic OH excluding ortho intramolecular Hbond substituents is 1. The fraction of sp³-hybridized carbons (Fsp3) is 0.154. The molecule has 2 heterocycles. The van der Waals surface area contributed by atoms with Gasteiger partial charge in [0.2, 0.25) is 0 Å². The van der Waals surface area contributed by atoms with Gasteiger partial charge in [-0.3, -0.25) is 9.78 Å². The molecule has 2 amide bonds. The number of phenols is 1. The molecule has 9 heteroatoms. The molecule has 1 saturated carbocycles. The molecule has 0 spiro atoms. The van der Waals surface area contributed by atoms with Crippen LogP contribution in [-0.4, -0.2) is 31.8 Å². The van der Waals surface area contributed by atoms with Crippen molar-refractivity contribution in [1.29, 1.82) is 0 Å². The number of amides is 2. The zero-order valence-electron chi connectivity index (χ0n) is 18.6. The summed E-state index contributed by atoms with van der Waals surface area (Å²) in [5.74, 6) is -0.528. The first-order chi connectivity index (χ1) is 17.0. The number of benzene rings is 2. The molecule has 8 nitrogen and oxygen atoms in total. The molecule has 0 radical (unpaired) electrons. The summed E-state index contributed by atoms with van der Waals surface area (Å²) in [6.07, 6.45) is 4.95. The van der Waals surface area contributed by atoms with Crippen molar-refractivity contribution < 1.29 is 19.1 Å². The Hall–Kier alpha value is -4.53. The zero-order chi connectivity index (χ0) is 24.4. The molecule has 0 atom stereocenters. The number of hydrogen-bond donors (Lipinski definition) is 3. The second-order valence-corrected chi connectivity index (χ2v) is 8.35. The van der Waals surface area contributed by atoms with Crippen LogP contribution >= 0.6 is 0 Å². The van der Waals surface area contributed by atoms with E-state index in [1.54, 1.807) is 48.7 Å². The number of halogens is 1. The number of aromatic hydroxyl groups is 1. The van der Waals surface area contributed by atoms with Crippen LogP contribution < -0.4 is 10.6 Å². The third-order valence-electron chi connectivity index (χ3n) is 5.74. The van der Waals surface area contributed by atoms with E-state index in [9.17, 15) is 19.1 Å². The number of anilines is 1. The summed E-state index contributed by atoms with van der Waals surface area (Å²) in [5, 5.41) is 20.6. The van der Waals surface area contributed by atoms with Crippen molar-refractivity contribution in [3.63, 3.8) is 0 Å². The minimum absolute atomic E-state index is 0.0762. The Labute approximate surface area is 200 Å². The average Bonchev–Trinajstić information content (AvgIpc) is 3.62. The number of aromatic nitrogens is 3. The number of pyridine rings is 1. The lowest BCUT2D eigenvalue weighted by Crippen LogP contribution is -2.30. The van der Waals surface area contributed by atoms with E-state index < -0.39 is 6.03 Å². The van der Waals surface area contributed by atoms with Crippen molar-refractivity contribution in [1.82, 2.24) is 20.1 Å². The number of nitrogens with zero attached hydrogens (tertiary/aromatic N) is 3. The van der Waals surface area contributed by atoms with Gasteiger partial charge in [0.15, 0.2) is 0 Å². The van der Waals surface area contributed by atoms with Crippen molar-refractivity contribution in [3.8, 4) is 17.0 Å². The molecule has 3 N–H and O–H groups in total. The van der Waals surface area contributed by atoms with E-state index in [-0.39, 0.29) is 29.9 Å². The highest BCUT2D eigenvalue weighted by Gasteiger charge is 2.30. The first kappa shape index (κ1) is 22.3. The van der Waals surface area contributed by atoms with Gasteiger partial charge >= 0.3 is 6.03 Å². The summed E-state index contributed by atoms with van der Waals surface area (Å²) in [4.78, 5) is 29.2. The van der Waals surface area contributed by atoms with E-state index in [2.05, 4.69) is 20.7 Å². The van der Waals surface area contributed by atoms with E-state index in [0.717, 1.165) is 24.1 Å². The monoisotopic (exact) mass is 471 g/mol. The fourth-order valence-electron chi connectivity index (χ4n) is 3.74. The van der Waals surface area contributed by atoms with Crippen molar-refractivity contribution in [2.75, 3.05) is 5.32 Å². The molecular weight excluding hydrogens is 449 g/mol. The van der Waals surface area contributed by atoms with Gasteiger partial charge in [-0.05, 0) is 60.9 Å². The van der Waals surface area contributed by atoms with Crippen LogP contribution in [0.2, 0.25) is 0 Å². The Morgan fingerprint density at radius 3 is 2.57 bits per heavy atom. The number of carbonyl (C=O) groups excluding carboxylic acids is 2. The van der Waals surface area contributed by atoms with Crippen LogP contribution in [0.25, 0.3) is 11.3 Å². The van der Waals surface area contributed by atoms with E-state index in [0.29, 0.717) is 22.5 Å². The molecule has 0 unspecified atom stereocenters. The summed E-state index contributed by atoms with van der Waals surface area (Å²) in [6.45, 7) is 0.231. The fourth-order valence-corrected chi connectivity index (χ4v) is 3.74. The third kappa shape index (κ3) is 5.03. The Morgan fingerprint density at radius 1 is 1.09 bits per heavy atom. The molecular formula is C26H22FN5O3. The summed E-state index contributed by atoms with van der Waals surface area (Å²) >= 11 is 0. The predicted octanol–water partition coefficient (Wildman–Crippen LogP) is 4.68. The maximum Gasteiger partial charge on any atom is 0.342 e. The second-order valence-electron chi connectivity index (χ2n) is 8.35. The van der Waals surface area contributed by atoms with Gasteiger partial charge in [-0.2, -0.15) is 9.78 Å². The molecule has 0 bridgehead atoms. The average molecular weight is 471 g/mol. The molecule has 4 aromatic rings. The van der Waals surface area contributed by atoms with Crippen LogP contribution in [0.15, 0.2) is 73.1 Å². The van der Waals surface area contributed by atoms with Gasteiger partial charge in [0.05, 0.1) is 17.0 Å². The summed E-state index contributed by atoms with van der Waals surface area (Å²) in [6, 6.07) is 15.4. The van der Waals surface area contributed by atoms with Crippen LogP contribution in [0.3, 0.4) is 0 Å². The quantitative estimate of drug-likeness (QED) is 0.378. The van der Waals surface area contributed by atoms with Crippen molar-refractivity contribution >= 4 is 17.6 Å². The lowest BCUT2D eigenvalue weighted by Gasteiger charge is -2.08. The van der Waals surface area contributed by atoms with E-state index >= 15 is 0 Å². The maximum absolute atomic E-state index is 13.1. The largest absolute Gasteiger partial charge is 0.507 e. The summed E-state index contributed by atoms with van der Waals surface area (Å²) < 4.78 is 14.4. The standard InChI is InChI=1S/C26H22FN5O3/c27-19-7-3-16(4-8-19)14-29-26(35)32-23(17-5-6-17)13-22(31-32)21-10-9-20(12-24(21)33)30-25(34)18-2-1-11-28-15-18/h1-4,7-13,15,17,33H,5-6,14H2,(H,29,35)(H,30,34). The van der Waals surface area contributed by atoms with Crippen molar-refractivity contribution in [2.24, 2.45) is 0 Å². The van der Waals surface area contributed by atoms with Gasteiger partial charge in [-0.1, -0.05) is 12.1 Å². The third-order valence-corrected chi connectivity index (χ3v) is 5.74. The van der Waals surface area contributed by atoms with E-state index in [1.807, 2.05) is 0 Å². The number of rotatable bonds is 6. The Balaban J connectivity index is 1.34. The SMILES string of the molecule is O=C(Nc1ccc(-c2cc(C3CC3)n(C(=O)NCc3ccc(F)cc3)n2)c(O)c1)c1cccnc1. The molecule has 0 saturated heterocycles. The number of hydrogen-bond acceptors (Lipinski definition) is 5. The van der Waals surface area contributed by atoms with Gasteiger partial charge < -0.3 is 15.7 Å². The van der Waals surface area contributed by atoms with Gasteiger partial charge in [0, 0.05) is 42.2 Å². The number of carbonyl (C=O) groups is 2. The normalized spacial score (nSPS) is 12.8. The van der Waals surface area contributed by atoms with Crippen LogP contribution in [0, 0.1) is 5.82 Å². The summed E-state index contributed by atoms with van der Waals surface area (Å²) in [5.41, 5.74) is 3.24. The molecule has 176 valence electrons. The van der Waals surface area contributed by atoms with Crippen molar-refractivity contribution in [3.05, 3.63) is 95.7 Å².